The Labute approximate surface area is 135 Å². The van der Waals surface area contributed by atoms with E-state index in [1.807, 2.05) is 12.1 Å². The van der Waals surface area contributed by atoms with Crippen molar-refractivity contribution in [3.05, 3.63) is 50.7 Å². The fraction of sp³-hybridized carbons (Fsp3) is 0.412. The first-order valence-corrected chi connectivity index (χ1v) is 8.69. The fourth-order valence-corrected chi connectivity index (χ4v) is 3.99. The van der Waals surface area contributed by atoms with Crippen LogP contribution in [-0.2, 0) is 13.0 Å². The molecule has 2 nitrogen and oxygen atoms in total. The Morgan fingerprint density at radius 2 is 2.24 bits per heavy atom. The summed E-state index contributed by atoms with van der Waals surface area (Å²) in [5.74, 6) is 1.03. The highest BCUT2D eigenvalue weighted by Crippen LogP contribution is 2.35. The van der Waals surface area contributed by atoms with E-state index in [1.165, 1.54) is 24.0 Å². The Morgan fingerprint density at radius 1 is 1.33 bits per heavy atom. The molecule has 0 bridgehead atoms. The molecule has 0 aliphatic heterocycles. The molecule has 1 heterocycles. The molecule has 1 atom stereocenters. The van der Waals surface area contributed by atoms with Gasteiger partial charge in [-0.15, -0.1) is 11.3 Å². The van der Waals surface area contributed by atoms with Gasteiger partial charge in [0.15, 0.2) is 0 Å². The topological polar surface area (TPSA) is 21.3 Å². The molecule has 0 fully saturated rings. The van der Waals surface area contributed by atoms with Crippen LogP contribution in [0.15, 0.2) is 30.3 Å². The second-order valence-corrected chi connectivity index (χ2v) is 7.12. The lowest BCUT2D eigenvalue weighted by molar-refractivity contribution is 0.303. The average Bonchev–Trinajstić information content (AvgIpc) is 2.91. The van der Waals surface area contributed by atoms with Crippen LogP contribution in [0.5, 0.6) is 5.75 Å². The van der Waals surface area contributed by atoms with Gasteiger partial charge in [-0.2, -0.15) is 0 Å². The van der Waals surface area contributed by atoms with Crippen LogP contribution < -0.4 is 10.1 Å². The number of fused-ring (bicyclic) bond motifs is 1. The first-order chi connectivity index (χ1) is 10.3. The van der Waals surface area contributed by atoms with Gasteiger partial charge in [0.05, 0.1) is 4.34 Å². The fourth-order valence-electron chi connectivity index (χ4n) is 2.99. The highest BCUT2D eigenvalue weighted by molar-refractivity contribution is 7.16. The van der Waals surface area contributed by atoms with Gasteiger partial charge in [0.25, 0.3) is 0 Å². The monoisotopic (exact) mass is 321 g/mol. The number of nitrogens with one attached hydrogen (secondary N) is 1. The molecule has 1 aliphatic rings. The van der Waals surface area contributed by atoms with E-state index in [4.69, 9.17) is 16.3 Å². The normalized spacial score (nSPS) is 17.5. The molecule has 0 saturated carbocycles. The third-order valence-corrected chi connectivity index (χ3v) is 5.12. The zero-order valence-corrected chi connectivity index (χ0v) is 13.8. The standard InChI is InChI=1S/C17H20ClNOS/c1-2-19-15-7-3-6-14-13(15)5-4-8-16(14)20-11-12-9-10-17(18)21-12/h4-5,8-10,15,19H,2-3,6-7,11H2,1H3. The predicted molar refractivity (Wildman–Crippen MR) is 89.5 cm³/mol. The maximum absolute atomic E-state index is 6.05. The minimum absolute atomic E-state index is 0.471. The van der Waals surface area contributed by atoms with Crippen molar-refractivity contribution >= 4 is 22.9 Å². The minimum Gasteiger partial charge on any atom is -0.488 e. The van der Waals surface area contributed by atoms with Gasteiger partial charge in [-0.05, 0) is 55.1 Å². The number of thiophene rings is 1. The van der Waals surface area contributed by atoms with Gasteiger partial charge in [-0.1, -0.05) is 30.7 Å². The van der Waals surface area contributed by atoms with Crippen LogP contribution in [0.3, 0.4) is 0 Å². The van der Waals surface area contributed by atoms with Crippen molar-refractivity contribution in [2.45, 2.75) is 38.8 Å². The molecular weight excluding hydrogens is 302 g/mol. The van der Waals surface area contributed by atoms with E-state index in [9.17, 15) is 0 Å². The second-order valence-electron chi connectivity index (χ2n) is 5.32. The van der Waals surface area contributed by atoms with Crippen LogP contribution in [0.2, 0.25) is 4.34 Å². The molecule has 3 rings (SSSR count). The number of hydrogen-bond donors (Lipinski definition) is 1. The molecule has 0 radical (unpaired) electrons. The Hall–Kier alpha value is -1.03. The first-order valence-electron chi connectivity index (χ1n) is 7.50. The summed E-state index contributed by atoms with van der Waals surface area (Å²) in [6.45, 7) is 3.76. The van der Waals surface area contributed by atoms with Crippen LogP contribution in [0.4, 0.5) is 0 Å². The maximum Gasteiger partial charge on any atom is 0.123 e. The highest BCUT2D eigenvalue weighted by atomic mass is 35.5. The lowest BCUT2D eigenvalue weighted by Gasteiger charge is -2.27. The Balaban J connectivity index is 1.78. The van der Waals surface area contributed by atoms with Crippen molar-refractivity contribution in [2.75, 3.05) is 6.54 Å². The quantitative estimate of drug-likeness (QED) is 0.839. The predicted octanol–water partition coefficient (Wildman–Crippen LogP) is 4.97. The van der Waals surface area contributed by atoms with Gasteiger partial charge in [0, 0.05) is 10.9 Å². The number of ether oxygens (including phenoxy) is 1. The highest BCUT2D eigenvalue weighted by Gasteiger charge is 2.22. The van der Waals surface area contributed by atoms with Crippen LogP contribution in [0, 0.1) is 0 Å². The molecule has 0 spiro atoms. The van der Waals surface area contributed by atoms with E-state index >= 15 is 0 Å². The molecule has 1 unspecified atom stereocenters. The van der Waals surface area contributed by atoms with Gasteiger partial charge in [-0.3, -0.25) is 0 Å². The molecule has 4 heteroatoms. The molecule has 0 saturated heterocycles. The van der Waals surface area contributed by atoms with Crippen LogP contribution in [-0.4, -0.2) is 6.54 Å². The number of benzene rings is 1. The zero-order chi connectivity index (χ0) is 14.7. The van der Waals surface area contributed by atoms with E-state index in [2.05, 4.69) is 30.4 Å². The maximum atomic E-state index is 6.05. The molecule has 21 heavy (non-hydrogen) atoms. The van der Waals surface area contributed by atoms with Crippen LogP contribution in [0.25, 0.3) is 0 Å². The van der Waals surface area contributed by atoms with E-state index in [1.54, 1.807) is 11.3 Å². The van der Waals surface area contributed by atoms with Gasteiger partial charge in [0.1, 0.15) is 12.4 Å². The molecule has 0 amide bonds. The van der Waals surface area contributed by atoms with Gasteiger partial charge in [0.2, 0.25) is 0 Å². The SMILES string of the molecule is CCNC1CCCc2c(OCc3ccc(Cl)s3)cccc21. The number of rotatable bonds is 5. The summed E-state index contributed by atoms with van der Waals surface area (Å²) in [7, 11) is 0. The summed E-state index contributed by atoms with van der Waals surface area (Å²) < 4.78 is 6.87. The Bertz CT molecular complexity index is 611. The first kappa shape index (κ1) is 14.9. The van der Waals surface area contributed by atoms with Gasteiger partial charge < -0.3 is 10.1 Å². The van der Waals surface area contributed by atoms with Crippen molar-refractivity contribution in [2.24, 2.45) is 0 Å². The third-order valence-electron chi connectivity index (χ3n) is 3.91. The zero-order valence-electron chi connectivity index (χ0n) is 12.2. The summed E-state index contributed by atoms with van der Waals surface area (Å²) >= 11 is 7.55. The smallest absolute Gasteiger partial charge is 0.123 e. The summed E-state index contributed by atoms with van der Waals surface area (Å²) in [5, 5.41) is 3.57. The van der Waals surface area contributed by atoms with Crippen molar-refractivity contribution in [1.29, 1.82) is 0 Å². The third kappa shape index (κ3) is 3.42. The van der Waals surface area contributed by atoms with Crippen molar-refractivity contribution < 1.29 is 4.74 Å². The number of halogens is 1. The van der Waals surface area contributed by atoms with Gasteiger partial charge in [-0.25, -0.2) is 0 Å². The molecule has 1 aromatic carbocycles. The lowest BCUT2D eigenvalue weighted by atomic mass is 9.87. The van der Waals surface area contributed by atoms with Crippen molar-refractivity contribution in [3.63, 3.8) is 0 Å². The molecular formula is C17H20ClNOS. The van der Waals surface area contributed by atoms with E-state index in [0.29, 0.717) is 12.6 Å². The molecule has 2 aromatic rings. The van der Waals surface area contributed by atoms with Crippen molar-refractivity contribution in [3.8, 4) is 5.75 Å². The molecule has 1 aliphatic carbocycles. The molecule has 1 N–H and O–H groups in total. The largest absolute Gasteiger partial charge is 0.488 e. The van der Waals surface area contributed by atoms with Gasteiger partial charge >= 0.3 is 0 Å². The minimum atomic E-state index is 0.471. The van der Waals surface area contributed by atoms with Crippen LogP contribution >= 0.6 is 22.9 Å². The Kier molecular flexibility index (Phi) is 4.84. The van der Waals surface area contributed by atoms with E-state index < -0.39 is 0 Å². The van der Waals surface area contributed by atoms with Crippen molar-refractivity contribution in [1.82, 2.24) is 5.32 Å². The number of hydrogen-bond acceptors (Lipinski definition) is 3. The second kappa shape index (κ2) is 6.82. The molecule has 1 aromatic heterocycles. The van der Waals surface area contributed by atoms with E-state index in [-0.39, 0.29) is 0 Å². The van der Waals surface area contributed by atoms with E-state index in [0.717, 1.165) is 27.9 Å². The average molecular weight is 322 g/mol. The summed E-state index contributed by atoms with van der Waals surface area (Å²) in [6, 6.07) is 10.8. The summed E-state index contributed by atoms with van der Waals surface area (Å²) in [5.41, 5.74) is 2.78. The lowest BCUT2D eigenvalue weighted by Crippen LogP contribution is -2.25. The summed E-state index contributed by atoms with van der Waals surface area (Å²) in [6.07, 6.45) is 3.54. The Morgan fingerprint density at radius 3 is 3.00 bits per heavy atom. The summed E-state index contributed by atoms with van der Waals surface area (Å²) in [4.78, 5) is 1.16. The van der Waals surface area contributed by atoms with Crippen LogP contribution in [0.1, 0.15) is 41.8 Å². The molecule has 112 valence electrons.